The van der Waals surface area contributed by atoms with Crippen LogP contribution in [0.15, 0.2) is 30.5 Å². The van der Waals surface area contributed by atoms with Gasteiger partial charge < -0.3 is 14.7 Å². The van der Waals surface area contributed by atoms with Gasteiger partial charge in [-0.25, -0.2) is 9.48 Å². The molecule has 9 heteroatoms. The summed E-state index contributed by atoms with van der Waals surface area (Å²) in [6.45, 7) is 1.98. The largest absolute Gasteiger partial charge is 0.479 e. The number of benzene rings is 1. The van der Waals surface area contributed by atoms with Crippen molar-refractivity contribution >= 4 is 23.5 Å². The van der Waals surface area contributed by atoms with Crippen LogP contribution in [0, 0.1) is 0 Å². The van der Waals surface area contributed by atoms with Gasteiger partial charge in [-0.05, 0) is 19.1 Å². The molecule has 24 heavy (non-hydrogen) atoms. The van der Waals surface area contributed by atoms with Crippen molar-refractivity contribution in [2.45, 2.75) is 19.1 Å². The second-order valence-electron chi connectivity index (χ2n) is 5.48. The molecule has 1 aromatic carbocycles. The van der Waals surface area contributed by atoms with E-state index in [0.717, 1.165) is 0 Å². The number of morpholine rings is 1. The van der Waals surface area contributed by atoms with E-state index in [1.54, 1.807) is 31.2 Å². The number of para-hydroxylation sites is 1. The predicted molar refractivity (Wildman–Crippen MR) is 84.2 cm³/mol. The van der Waals surface area contributed by atoms with Gasteiger partial charge in [-0.1, -0.05) is 28.9 Å². The second-order valence-corrected chi connectivity index (χ2v) is 5.89. The highest BCUT2D eigenvalue weighted by Crippen LogP contribution is 2.19. The number of carbonyl (C=O) groups excluding carboxylic acids is 1. The molecule has 1 aliphatic rings. The third-order valence-corrected chi connectivity index (χ3v) is 3.95. The Labute approximate surface area is 142 Å². The van der Waals surface area contributed by atoms with Crippen LogP contribution in [0.25, 0.3) is 5.69 Å². The van der Waals surface area contributed by atoms with Crippen molar-refractivity contribution in [3.05, 3.63) is 41.2 Å². The quantitative estimate of drug-likeness (QED) is 0.894. The van der Waals surface area contributed by atoms with E-state index in [2.05, 4.69) is 10.3 Å². The molecule has 1 N–H and O–H groups in total. The summed E-state index contributed by atoms with van der Waals surface area (Å²) in [7, 11) is 0. The minimum absolute atomic E-state index is 0.0303. The average Bonchev–Trinajstić information content (AvgIpc) is 3.03. The molecule has 1 fully saturated rings. The molecule has 1 amide bonds. The summed E-state index contributed by atoms with van der Waals surface area (Å²) < 4.78 is 6.71. The van der Waals surface area contributed by atoms with E-state index in [0.29, 0.717) is 17.3 Å². The van der Waals surface area contributed by atoms with Gasteiger partial charge in [0.15, 0.2) is 11.8 Å². The fourth-order valence-corrected chi connectivity index (χ4v) is 2.76. The minimum Gasteiger partial charge on any atom is -0.479 e. The Bertz CT molecular complexity index is 778. The number of hydrogen-bond donors (Lipinski definition) is 1. The Morgan fingerprint density at radius 3 is 2.79 bits per heavy atom. The fourth-order valence-electron chi connectivity index (χ4n) is 2.53. The third kappa shape index (κ3) is 3.24. The summed E-state index contributed by atoms with van der Waals surface area (Å²) in [5.41, 5.74) is 0.720. The molecule has 0 bridgehead atoms. The zero-order valence-corrected chi connectivity index (χ0v) is 13.6. The maximum absolute atomic E-state index is 12.6. The van der Waals surface area contributed by atoms with Crippen LogP contribution in [-0.4, -0.2) is 62.2 Å². The van der Waals surface area contributed by atoms with Crippen LogP contribution in [0.4, 0.5) is 0 Å². The summed E-state index contributed by atoms with van der Waals surface area (Å²) in [6, 6.07) is 7.05. The maximum atomic E-state index is 12.6. The van der Waals surface area contributed by atoms with E-state index in [-0.39, 0.29) is 18.3 Å². The third-order valence-electron chi connectivity index (χ3n) is 3.63. The molecule has 2 atom stereocenters. The number of aromatic nitrogens is 3. The lowest BCUT2D eigenvalue weighted by molar-refractivity contribution is -0.160. The van der Waals surface area contributed by atoms with Gasteiger partial charge in [-0.15, -0.1) is 5.10 Å². The number of rotatable bonds is 3. The topological polar surface area (TPSA) is 97.6 Å². The zero-order chi connectivity index (χ0) is 17.3. The summed E-state index contributed by atoms with van der Waals surface area (Å²) in [5, 5.41) is 17.4. The molecule has 0 saturated carbocycles. The lowest BCUT2D eigenvalue weighted by Gasteiger charge is -2.34. The van der Waals surface area contributed by atoms with Crippen molar-refractivity contribution in [2.75, 3.05) is 13.1 Å². The zero-order valence-electron chi connectivity index (χ0n) is 12.8. The van der Waals surface area contributed by atoms with Gasteiger partial charge in [0.05, 0.1) is 29.6 Å². The molecule has 1 unspecified atom stereocenters. The van der Waals surface area contributed by atoms with Crippen LogP contribution in [0.1, 0.15) is 17.4 Å². The molecule has 0 aliphatic carbocycles. The SMILES string of the molecule is C[C@@H]1CN(C(=O)c2cn(-c3ccccc3Cl)nn2)CC(C(=O)O)O1. The van der Waals surface area contributed by atoms with Crippen LogP contribution in [0.2, 0.25) is 5.02 Å². The Hall–Kier alpha value is -2.45. The van der Waals surface area contributed by atoms with Crippen LogP contribution in [-0.2, 0) is 9.53 Å². The Kier molecular flexibility index (Phi) is 4.50. The van der Waals surface area contributed by atoms with Gasteiger partial charge in [-0.3, -0.25) is 4.79 Å². The first-order valence-corrected chi connectivity index (χ1v) is 7.68. The highest BCUT2D eigenvalue weighted by Gasteiger charge is 2.33. The number of ether oxygens (including phenoxy) is 1. The Morgan fingerprint density at radius 2 is 2.08 bits per heavy atom. The van der Waals surface area contributed by atoms with Crippen molar-refractivity contribution in [3.63, 3.8) is 0 Å². The first-order chi connectivity index (χ1) is 11.5. The van der Waals surface area contributed by atoms with E-state index in [1.165, 1.54) is 15.8 Å². The first-order valence-electron chi connectivity index (χ1n) is 7.30. The smallest absolute Gasteiger partial charge is 0.334 e. The molecule has 1 aromatic heterocycles. The summed E-state index contributed by atoms with van der Waals surface area (Å²) in [6.07, 6.45) is 0.0538. The number of carboxylic acids is 1. The normalized spacial score (nSPS) is 20.8. The van der Waals surface area contributed by atoms with E-state index in [1.807, 2.05) is 0 Å². The molecule has 1 saturated heterocycles. The molecule has 0 radical (unpaired) electrons. The lowest BCUT2D eigenvalue weighted by atomic mass is 10.2. The number of carboxylic acid groups (broad SMARTS) is 1. The molecule has 2 heterocycles. The molecule has 8 nitrogen and oxygen atoms in total. The van der Waals surface area contributed by atoms with Gasteiger partial charge in [0, 0.05) is 6.54 Å². The van der Waals surface area contributed by atoms with Crippen LogP contribution in [0.3, 0.4) is 0 Å². The van der Waals surface area contributed by atoms with Gasteiger partial charge >= 0.3 is 5.97 Å². The van der Waals surface area contributed by atoms with Gasteiger partial charge in [0.1, 0.15) is 0 Å². The van der Waals surface area contributed by atoms with Crippen LogP contribution in [0.5, 0.6) is 0 Å². The van der Waals surface area contributed by atoms with Crippen molar-refractivity contribution in [3.8, 4) is 5.69 Å². The molecule has 0 spiro atoms. The summed E-state index contributed by atoms with van der Waals surface area (Å²) in [4.78, 5) is 25.1. The lowest BCUT2D eigenvalue weighted by Crippen LogP contribution is -2.51. The molecule has 2 aromatic rings. The van der Waals surface area contributed by atoms with E-state index < -0.39 is 18.0 Å². The van der Waals surface area contributed by atoms with E-state index in [4.69, 9.17) is 21.4 Å². The molecule has 3 rings (SSSR count). The Morgan fingerprint density at radius 1 is 1.33 bits per heavy atom. The van der Waals surface area contributed by atoms with Crippen LogP contribution < -0.4 is 0 Å². The van der Waals surface area contributed by atoms with Crippen molar-refractivity contribution in [1.82, 2.24) is 19.9 Å². The Balaban J connectivity index is 1.81. The molecular weight excluding hydrogens is 336 g/mol. The maximum Gasteiger partial charge on any atom is 0.334 e. The van der Waals surface area contributed by atoms with E-state index >= 15 is 0 Å². The second kappa shape index (κ2) is 6.58. The number of aliphatic carboxylic acids is 1. The number of halogens is 1. The summed E-state index contributed by atoms with van der Waals surface area (Å²) in [5.74, 6) is -1.49. The number of hydrogen-bond acceptors (Lipinski definition) is 5. The first kappa shape index (κ1) is 16.4. The standard InChI is InChI=1S/C15H15ClN4O4/c1-9-6-19(8-13(24-9)15(22)23)14(21)11-7-20(18-17-11)12-5-3-2-4-10(12)16/h2-5,7,9,13H,6,8H2,1H3,(H,22,23)/t9-,13?/m1/s1. The van der Waals surface area contributed by atoms with E-state index in [9.17, 15) is 9.59 Å². The minimum atomic E-state index is -1.10. The predicted octanol–water partition coefficient (Wildman–Crippen LogP) is 1.23. The van der Waals surface area contributed by atoms with Gasteiger partial charge in [0.25, 0.3) is 5.91 Å². The van der Waals surface area contributed by atoms with Crippen molar-refractivity contribution in [1.29, 1.82) is 0 Å². The summed E-state index contributed by atoms with van der Waals surface area (Å²) >= 11 is 6.10. The molecular formula is C15H15ClN4O4. The average molecular weight is 351 g/mol. The number of carbonyl (C=O) groups is 2. The van der Waals surface area contributed by atoms with Crippen LogP contribution >= 0.6 is 11.6 Å². The van der Waals surface area contributed by atoms with Crippen molar-refractivity contribution < 1.29 is 19.4 Å². The fraction of sp³-hybridized carbons (Fsp3) is 0.333. The van der Waals surface area contributed by atoms with Crippen molar-refractivity contribution in [2.24, 2.45) is 0 Å². The highest BCUT2D eigenvalue weighted by molar-refractivity contribution is 6.32. The number of amides is 1. The number of nitrogens with zero attached hydrogens (tertiary/aromatic N) is 4. The molecule has 126 valence electrons. The molecule has 1 aliphatic heterocycles. The highest BCUT2D eigenvalue weighted by atomic mass is 35.5. The van der Waals surface area contributed by atoms with Gasteiger partial charge in [0.2, 0.25) is 0 Å². The van der Waals surface area contributed by atoms with Gasteiger partial charge in [-0.2, -0.15) is 0 Å². The monoisotopic (exact) mass is 350 g/mol.